The Morgan fingerprint density at radius 1 is 1.48 bits per heavy atom. The van der Waals surface area contributed by atoms with Crippen LogP contribution < -0.4 is 16.0 Å². The lowest BCUT2D eigenvalue weighted by atomic mass is 9.96. The van der Waals surface area contributed by atoms with Gasteiger partial charge in [-0.2, -0.15) is 4.98 Å². The molecule has 2 aromatic heterocycles. The van der Waals surface area contributed by atoms with Gasteiger partial charge in [0, 0.05) is 31.1 Å². The lowest BCUT2D eigenvalue weighted by molar-refractivity contribution is -0.125. The van der Waals surface area contributed by atoms with Gasteiger partial charge in [0.1, 0.15) is 11.5 Å². The number of hydrogen-bond acceptors (Lipinski definition) is 6. The van der Waals surface area contributed by atoms with Crippen LogP contribution in [0.25, 0.3) is 0 Å². The van der Waals surface area contributed by atoms with Crippen molar-refractivity contribution in [3.63, 3.8) is 0 Å². The number of nitrogens with one attached hydrogen (secondary N) is 2. The van der Waals surface area contributed by atoms with Crippen LogP contribution in [0.2, 0.25) is 0 Å². The molecule has 0 unspecified atom stereocenters. The first kappa shape index (κ1) is 15.4. The second-order valence-corrected chi connectivity index (χ2v) is 5.93. The second kappa shape index (κ2) is 6.31. The van der Waals surface area contributed by atoms with E-state index in [0.717, 1.165) is 43.0 Å². The maximum atomic E-state index is 12.3. The van der Waals surface area contributed by atoms with Gasteiger partial charge in [0.05, 0.1) is 0 Å². The molecular weight excluding hydrogens is 296 g/mol. The van der Waals surface area contributed by atoms with Crippen molar-refractivity contribution in [1.29, 1.82) is 0 Å². The number of aryl methyl sites for hydroxylation is 2. The highest BCUT2D eigenvalue weighted by atomic mass is 16.3. The molecule has 0 atom stereocenters. The molecule has 0 saturated carbocycles. The molecule has 0 bridgehead atoms. The van der Waals surface area contributed by atoms with Crippen LogP contribution in [0.1, 0.15) is 29.9 Å². The van der Waals surface area contributed by atoms with Crippen LogP contribution in [-0.2, 0) is 11.3 Å². The van der Waals surface area contributed by atoms with Crippen LogP contribution in [0.15, 0.2) is 10.5 Å². The summed E-state index contributed by atoms with van der Waals surface area (Å²) >= 11 is 0. The summed E-state index contributed by atoms with van der Waals surface area (Å²) in [5, 5.41) is 9.64. The van der Waals surface area contributed by atoms with E-state index >= 15 is 0 Å². The first-order chi connectivity index (χ1) is 11.0. The van der Waals surface area contributed by atoms with Gasteiger partial charge in [-0.1, -0.05) is 0 Å². The number of rotatable bonds is 4. The van der Waals surface area contributed by atoms with Crippen LogP contribution in [0.4, 0.5) is 11.9 Å². The van der Waals surface area contributed by atoms with Crippen molar-refractivity contribution in [1.82, 2.24) is 20.5 Å². The fourth-order valence-electron chi connectivity index (χ4n) is 2.95. The minimum Gasteiger partial charge on any atom is -0.466 e. The van der Waals surface area contributed by atoms with Crippen molar-refractivity contribution in [2.75, 3.05) is 23.7 Å². The van der Waals surface area contributed by atoms with Gasteiger partial charge in [-0.25, -0.2) is 5.10 Å². The molecule has 23 heavy (non-hydrogen) atoms. The normalized spacial score (nSPS) is 15.8. The maximum Gasteiger partial charge on any atom is 0.241 e. The molecule has 3 heterocycles. The standard InChI is InChI=1S/C15H22N6O2/c1-9-7-12(10(2)23-9)8-17-13(22)11-3-5-21(6-4-11)15-18-14(16)19-20-15/h7,11H,3-6,8H2,1-2H3,(H,17,22)(H3,16,18,19,20). The van der Waals surface area contributed by atoms with E-state index < -0.39 is 0 Å². The Labute approximate surface area is 134 Å². The van der Waals surface area contributed by atoms with Gasteiger partial charge >= 0.3 is 0 Å². The zero-order chi connectivity index (χ0) is 16.4. The highest BCUT2D eigenvalue weighted by Gasteiger charge is 2.26. The van der Waals surface area contributed by atoms with Gasteiger partial charge in [0.2, 0.25) is 17.8 Å². The topological polar surface area (TPSA) is 113 Å². The highest BCUT2D eigenvalue weighted by molar-refractivity contribution is 5.79. The monoisotopic (exact) mass is 318 g/mol. The third kappa shape index (κ3) is 3.46. The van der Waals surface area contributed by atoms with Crippen LogP contribution in [-0.4, -0.2) is 34.2 Å². The summed E-state index contributed by atoms with van der Waals surface area (Å²) in [6.45, 7) is 5.86. The maximum absolute atomic E-state index is 12.3. The second-order valence-electron chi connectivity index (χ2n) is 5.93. The Morgan fingerprint density at radius 3 is 2.78 bits per heavy atom. The number of furan rings is 1. The molecule has 1 aliphatic rings. The number of carbonyl (C=O) groups excluding carboxylic acids is 1. The average molecular weight is 318 g/mol. The zero-order valence-corrected chi connectivity index (χ0v) is 13.4. The Bertz CT molecular complexity index is 684. The van der Waals surface area contributed by atoms with E-state index in [9.17, 15) is 4.79 Å². The summed E-state index contributed by atoms with van der Waals surface area (Å²) in [5.41, 5.74) is 6.55. The van der Waals surface area contributed by atoms with Crippen molar-refractivity contribution in [2.24, 2.45) is 5.92 Å². The van der Waals surface area contributed by atoms with E-state index in [0.29, 0.717) is 12.5 Å². The van der Waals surface area contributed by atoms with E-state index in [4.69, 9.17) is 10.2 Å². The molecule has 1 aliphatic heterocycles. The van der Waals surface area contributed by atoms with Gasteiger partial charge < -0.3 is 20.4 Å². The Morgan fingerprint density at radius 2 is 2.22 bits per heavy atom. The number of nitrogens with zero attached hydrogens (tertiary/aromatic N) is 3. The van der Waals surface area contributed by atoms with Gasteiger partial charge in [0.25, 0.3) is 0 Å². The number of carbonyl (C=O) groups is 1. The number of nitrogens with two attached hydrogens (primary N) is 1. The summed E-state index contributed by atoms with van der Waals surface area (Å²) in [4.78, 5) is 18.5. The number of anilines is 2. The third-order valence-corrected chi connectivity index (χ3v) is 4.25. The van der Waals surface area contributed by atoms with E-state index in [-0.39, 0.29) is 17.8 Å². The van der Waals surface area contributed by atoms with Crippen molar-refractivity contribution < 1.29 is 9.21 Å². The number of H-pyrrole nitrogens is 1. The minimum atomic E-state index is 0.0276. The van der Waals surface area contributed by atoms with Crippen LogP contribution >= 0.6 is 0 Å². The fourth-order valence-corrected chi connectivity index (χ4v) is 2.95. The molecule has 8 heteroatoms. The van der Waals surface area contributed by atoms with Gasteiger partial charge in [0.15, 0.2) is 0 Å². The van der Waals surface area contributed by atoms with E-state index in [2.05, 4.69) is 25.4 Å². The number of nitrogen functional groups attached to an aromatic ring is 1. The Balaban J connectivity index is 1.49. The molecule has 2 aromatic rings. The van der Waals surface area contributed by atoms with Crippen molar-refractivity contribution in [3.05, 3.63) is 23.2 Å². The first-order valence-corrected chi connectivity index (χ1v) is 7.79. The first-order valence-electron chi connectivity index (χ1n) is 7.79. The number of hydrogen-bond donors (Lipinski definition) is 3. The molecule has 4 N–H and O–H groups in total. The molecule has 124 valence electrons. The fraction of sp³-hybridized carbons (Fsp3) is 0.533. The average Bonchev–Trinajstić information content (AvgIpc) is 3.10. The summed E-state index contributed by atoms with van der Waals surface area (Å²) in [5.74, 6) is 2.77. The molecular formula is C15H22N6O2. The molecule has 0 aromatic carbocycles. The quantitative estimate of drug-likeness (QED) is 0.779. The van der Waals surface area contributed by atoms with Crippen LogP contribution in [0.5, 0.6) is 0 Å². The predicted octanol–water partition coefficient (Wildman–Crippen LogP) is 1.13. The highest BCUT2D eigenvalue weighted by Crippen LogP contribution is 2.21. The summed E-state index contributed by atoms with van der Waals surface area (Å²) in [6, 6.07) is 1.96. The van der Waals surface area contributed by atoms with Crippen molar-refractivity contribution in [2.45, 2.75) is 33.2 Å². The molecule has 8 nitrogen and oxygen atoms in total. The molecule has 1 amide bonds. The van der Waals surface area contributed by atoms with E-state index in [1.807, 2.05) is 19.9 Å². The largest absolute Gasteiger partial charge is 0.466 e. The molecule has 3 rings (SSSR count). The van der Waals surface area contributed by atoms with Crippen molar-refractivity contribution in [3.8, 4) is 0 Å². The SMILES string of the molecule is Cc1cc(CNC(=O)C2CCN(c3nc(N)n[nH]3)CC2)c(C)o1. The Hall–Kier alpha value is -2.51. The number of piperidine rings is 1. The summed E-state index contributed by atoms with van der Waals surface area (Å²) < 4.78 is 5.47. The van der Waals surface area contributed by atoms with Crippen LogP contribution in [0, 0.1) is 19.8 Å². The van der Waals surface area contributed by atoms with Gasteiger partial charge in [-0.05, 0) is 32.8 Å². The van der Waals surface area contributed by atoms with Gasteiger partial charge in [-0.3, -0.25) is 4.79 Å². The zero-order valence-electron chi connectivity index (χ0n) is 13.4. The summed E-state index contributed by atoms with van der Waals surface area (Å²) in [6.07, 6.45) is 1.58. The number of aromatic amines is 1. The van der Waals surface area contributed by atoms with Crippen molar-refractivity contribution >= 4 is 17.8 Å². The van der Waals surface area contributed by atoms with E-state index in [1.54, 1.807) is 0 Å². The van der Waals surface area contributed by atoms with Crippen LogP contribution in [0.3, 0.4) is 0 Å². The Kier molecular flexibility index (Phi) is 4.22. The smallest absolute Gasteiger partial charge is 0.241 e. The van der Waals surface area contributed by atoms with E-state index in [1.165, 1.54) is 0 Å². The van der Waals surface area contributed by atoms with Gasteiger partial charge in [-0.15, -0.1) is 5.10 Å². The molecule has 1 fully saturated rings. The molecule has 0 aliphatic carbocycles. The lowest BCUT2D eigenvalue weighted by Crippen LogP contribution is -2.40. The molecule has 0 radical (unpaired) electrons. The third-order valence-electron chi connectivity index (χ3n) is 4.25. The molecule has 0 spiro atoms. The number of amides is 1. The minimum absolute atomic E-state index is 0.0276. The number of aromatic nitrogens is 3. The predicted molar refractivity (Wildman–Crippen MR) is 85.8 cm³/mol. The lowest BCUT2D eigenvalue weighted by Gasteiger charge is -2.30. The summed E-state index contributed by atoms with van der Waals surface area (Å²) in [7, 11) is 0. The molecule has 1 saturated heterocycles.